The molecule has 0 N–H and O–H groups in total. The molecule has 0 fully saturated rings. The van der Waals surface area contributed by atoms with Gasteiger partial charge in [-0.25, -0.2) is 0 Å². The monoisotopic (exact) mass is 422 g/mol. The number of hydrogen-bond acceptors (Lipinski definition) is 1. The van der Waals surface area contributed by atoms with E-state index >= 15 is 0 Å². The molecule has 0 spiro atoms. The first-order chi connectivity index (χ1) is 13.1. The van der Waals surface area contributed by atoms with Gasteiger partial charge >= 0.3 is 0 Å². The number of carbonyl (C=O) groups is 1. The fraction of sp³-hybridized carbons (Fsp3) is 0.174. The van der Waals surface area contributed by atoms with Crippen LogP contribution in [0.4, 0.5) is 0 Å². The van der Waals surface area contributed by atoms with E-state index in [9.17, 15) is 4.79 Å². The van der Waals surface area contributed by atoms with Gasteiger partial charge in [0.15, 0.2) is 0 Å². The molecule has 0 saturated carbocycles. The Labute approximate surface area is 169 Å². The highest BCUT2D eigenvalue weighted by molar-refractivity contribution is 9.10. The van der Waals surface area contributed by atoms with Crippen LogP contribution in [0, 0.1) is 6.92 Å². The number of hydrogen-bond donors (Lipinski definition) is 0. The molecule has 0 saturated heterocycles. The molecule has 0 aliphatic rings. The summed E-state index contributed by atoms with van der Waals surface area (Å²) in [6, 6.07) is 20.1. The third-order valence-electron chi connectivity index (χ3n) is 4.45. The molecule has 1 amide bonds. The SMILES string of the molecule is C=CCN(Cc1cccn1Cc1cccc(C)c1)C(=O)c1ccccc1Br. The largest absolute Gasteiger partial charge is 0.345 e. The van der Waals surface area contributed by atoms with Crippen molar-refractivity contribution in [3.05, 3.63) is 106 Å². The molecule has 1 heterocycles. The number of benzene rings is 2. The number of rotatable bonds is 7. The first kappa shape index (κ1) is 19.2. The van der Waals surface area contributed by atoms with Crippen LogP contribution in [0.1, 0.15) is 27.2 Å². The molecule has 2 aromatic carbocycles. The van der Waals surface area contributed by atoms with Crippen molar-refractivity contribution in [1.29, 1.82) is 0 Å². The highest BCUT2D eigenvalue weighted by Crippen LogP contribution is 2.20. The smallest absolute Gasteiger partial charge is 0.255 e. The molecule has 0 aliphatic carbocycles. The molecule has 27 heavy (non-hydrogen) atoms. The van der Waals surface area contributed by atoms with E-state index in [1.807, 2.05) is 35.2 Å². The van der Waals surface area contributed by atoms with Crippen molar-refractivity contribution in [2.45, 2.75) is 20.0 Å². The molecule has 3 nitrogen and oxygen atoms in total. The van der Waals surface area contributed by atoms with Crippen molar-refractivity contribution in [3.63, 3.8) is 0 Å². The minimum Gasteiger partial charge on any atom is -0.345 e. The zero-order chi connectivity index (χ0) is 19.2. The summed E-state index contributed by atoms with van der Waals surface area (Å²) in [7, 11) is 0. The molecule has 0 unspecified atom stereocenters. The van der Waals surface area contributed by atoms with Gasteiger partial charge in [-0.05, 0) is 52.7 Å². The van der Waals surface area contributed by atoms with Crippen LogP contribution in [0.3, 0.4) is 0 Å². The molecular formula is C23H23BrN2O. The van der Waals surface area contributed by atoms with E-state index in [0.717, 1.165) is 16.7 Å². The zero-order valence-electron chi connectivity index (χ0n) is 15.4. The Morgan fingerprint density at radius 1 is 1.15 bits per heavy atom. The zero-order valence-corrected chi connectivity index (χ0v) is 17.0. The van der Waals surface area contributed by atoms with Gasteiger partial charge in [-0.2, -0.15) is 0 Å². The summed E-state index contributed by atoms with van der Waals surface area (Å²) < 4.78 is 3.00. The Hall–Kier alpha value is -2.59. The standard InChI is InChI=1S/C23H23BrN2O/c1-3-13-26(23(27)21-11-4-5-12-22(21)24)17-20-10-7-14-25(20)16-19-9-6-8-18(2)15-19/h3-12,14-15H,1,13,16-17H2,2H3. The van der Waals surface area contributed by atoms with Crippen LogP contribution in [0.2, 0.25) is 0 Å². The first-order valence-corrected chi connectivity index (χ1v) is 9.72. The van der Waals surface area contributed by atoms with Crippen LogP contribution in [0.5, 0.6) is 0 Å². The highest BCUT2D eigenvalue weighted by Gasteiger charge is 2.18. The summed E-state index contributed by atoms with van der Waals surface area (Å²) in [4.78, 5) is 14.8. The maximum Gasteiger partial charge on any atom is 0.255 e. The first-order valence-electron chi connectivity index (χ1n) is 8.92. The van der Waals surface area contributed by atoms with E-state index in [1.165, 1.54) is 11.1 Å². The Morgan fingerprint density at radius 3 is 2.70 bits per heavy atom. The van der Waals surface area contributed by atoms with Gasteiger partial charge in [-0.15, -0.1) is 6.58 Å². The quantitative estimate of drug-likeness (QED) is 0.465. The van der Waals surface area contributed by atoms with Crippen LogP contribution in [-0.4, -0.2) is 21.9 Å². The Kier molecular flexibility index (Phi) is 6.30. The molecular weight excluding hydrogens is 400 g/mol. The van der Waals surface area contributed by atoms with Crippen LogP contribution >= 0.6 is 15.9 Å². The fourth-order valence-electron chi connectivity index (χ4n) is 3.13. The molecule has 3 aromatic rings. The van der Waals surface area contributed by atoms with Gasteiger partial charge < -0.3 is 9.47 Å². The van der Waals surface area contributed by atoms with Gasteiger partial charge in [-0.1, -0.05) is 48.0 Å². The summed E-state index contributed by atoms with van der Waals surface area (Å²) in [5.41, 5.74) is 4.26. The van der Waals surface area contributed by atoms with Gasteiger partial charge in [-0.3, -0.25) is 4.79 Å². The summed E-state index contributed by atoms with van der Waals surface area (Å²) >= 11 is 3.48. The average molecular weight is 423 g/mol. The van der Waals surface area contributed by atoms with Crippen molar-refractivity contribution in [3.8, 4) is 0 Å². The topological polar surface area (TPSA) is 25.2 Å². The van der Waals surface area contributed by atoms with E-state index in [1.54, 1.807) is 6.08 Å². The van der Waals surface area contributed by atoms with Crippen LogP contribution < -0.4 is 0 Å². The van der Waals surface area contributed by atoms with E-state index in [-0.39, 0.29) is 5.91 Å². The lowest BCUT2D eigenvalue weighted by Crippen LogP contribution is -2.31. The van der Waals surface area contributed by atoms with Gasteiger partial charge in [0.05, 0.1) is 12.1 Å². The molecule has 0 radical (unpaired) electrons. The lowest BCUT2D eigenvalue weighted by molar-refractivity contribution is 0.0758. The summed E-state index contributed by atoms with van der Waals surface area (Å²) in [5.74, 6) is -0.00863. The van der Waals surface area contributed by atoms with Gasteiger partial charge in [0.25, 0.3) is 5.91 Å². The molecule has 1 aromatic heterocycles. The normalized spacial score (nSPS) is 10.6. The Bertz CT molecular complexity index is 945. The lowest BCUT2D eigenvalue weighted by Gasteiger charge is -2.23. The minimum absolute atomic E-state index is 0.00863. The minimum atomic E-state index is -0.00863. The number of amides is 1. The van der Waals surface area contributed by atoms with Gasteiger partial charge in [0, 0.05) is 29.5 Å². The molecule has 0 atom stereocenters. The number of halogens is 1. The molecule has 0 bridgehead atoms. The van der Waals surface area contributed by atoms with E-state index in [0.29, 0.717) is 18.7 Å². The van der Waals surface area contributed by atoms with Crippen LogP contribution in [0.15, 0.2) is 84.0 Å². The number of carbonyl (C=O) groups excluding carboxylic acids is 1. The third-order valence-corrected chi connectivity index (χ3v) is 5.14. The highest BCUT2D eigenvalue weighted by atomic mass is 79.9. The Morgan fingerprint density at radius 2 is 1.96 bits per heavy atom. The number of aryl methyl sites for hydroxylation is 1. The second-order valence-corrected chi connectivity index (χ2v) is 7.43. The summed E-state index contributed by atoms with van der Waals surface area (Å²) in [5, 5.41) is 0. The lowest BCUT2D eigenvalue weighted by atomic mass is 10.1. The van der Waals surface area contributed by atoms with E-state index in [2.05, 4.69) is 70.5 Å². The maximum absolute atomic E-state index is 13.0. The van der Waals surface area contributed by atoms with Gasteiger partial charge in [0.1, 0.15) is 0 Å². The summed E-state index contributed by atoms with van der Waals surface area (Å²) in [6.07, 6.45) is 3.83. The molecule has 138 valence electrons. The van der Waals surface area contributed by atoms with Crippen molar-refractivity contribution in [2.75, 3.05) is 6.54 Å². The van der Waals surface area contributed by atoms with Crippen molar-refractivity contribution in [2.24, 2.45) is 0 Å². The molecule has 0 aliphatic heterocycles. The summed E-state index contributed by atoms with van der Waals surface area (Å²) in [6.45, 7) is 7.73. The predicted molar refractivity (Wildman–Crippen MR) is 114 cm³/mol. The van der Waals surface area contributed by atoms with E-state index in [4.69, 9.17) is 0 Å². The van der Waals surface area contributed by atoms with Crippen LogP contribution in [0.25, 0.3) is 0 Å². The number of aromatic nitrogens is 1. The fourth-order valence-corrected chi connectivity index (χ4v) is 3.58. The average Bonchev–Trinajstić information content (AvgIpc) is 3.08. The maximum atomic E-state index is 13.0. The number of nitrogens with zero attached hydrogens (tertiary/aromatic N) is 2. The van der Waals surface area contributed by atoms with E-state index < -0.39 is 0 Å². The molecule has 3 rings (SSSR count). The van der Waals surface area contributed by atoms with Crippen molar-refractivity contribution < 1.29 is 4.79 Å². The second kappa shape index (κ2) is 8.87. The van der Waals surface area contributed by atoms with Crippen molar-refractivity contribution in [1.82, 2.24) is 9.47 Å². The third kappa shape index (κ3) is 4.77. The second-order valence-electron chi connectivity index (χ2n) is 6.57. The van der Waals surface area contributed by atoms with Crippen LogP contribution in [-0.2, 0) is 13.1 Å². The van der Waals surface area contributed by atoms with Crippen molar-refractivity contribution >= 4 is 21.8 Å². The molecule has 4 heteroatoms. The Balaban J connectivity index is 1.82. The predicted octanol–water partition coefficient (Wildman–Crippen LogP) is 5.44. The van der Waals surface area contributed by atoms with Gasteiger partial charge in [0.2, 0.25) is 0 Å².